The van der Waals surface area contributed by atoms with Crippen LogP contribution in [0.15, 0.2) is 46.0 Å². The summed E-state index contributed by atoms with van der Waals surface area (Å²) in [7, 11) is 1.59. The van der Waals surface area contributed by atoms with Gasteiger partial charge >= 0.3 is 0 Å². The maximum Gasteiger partial charge on any atom is 0.262 e. The molecule has 1 spiro atoms. The van der Waals surface area contributed by atoms with Crippen LogP contribution >= 0.6 is 0 Å². The zero-order valence-electron chi connectivity index (χ0n) is 23.6. The molecule has 1 aromatic carbocycles. The monoisotopic (exact) mass is 535 g/mol. The largest absolute Gasteiger partial charge is 0.497 e. The Kier molecular flexibility index (Phi) is 5.02. The number of carbonyl (C=O) groups is 1. The highest BCUT2D eigenvalue weighted by Gasteiger charge is 2.77. The summed E-state index contributed by atoms with van der Waals surface area (Å²) in [5.41, 5.74) is -0.731. The number of ether oxygens (including phenoxy) is 4. The number of nitrogens with zero attached hydrogens (tertiary/aromatic N) is 1. The number of carbonyl (C=O) groups excluding carboxylic acids is 1. The number of aromatic nitrogens is 1. The number of benzene rings is 1. The van der Waals surface area contributed by atoms with E-state index in [0.29, 0.717) is 22.6 Å². The summed E-state index contributed by atoms with van der Waals surface area (Å²) in [6.45, 7) is 12.5. The minimum absolute atomic E-state index is 0.0519. The van der Waals surface area contributed by atoms with Gasteiger partial charge in [-0.3, -0.25) is 4.79 Å². The van der Waals surface area contributed by atoms with Crippen molar-refractivity contribution in [2.75, 3.05) is 13.7 Å². The van der Waals surface area contributed by atoms with E-state index in [4.69, 9.17) is 23.5 Å². The molecule has 3 fully saturated rings. The van der Waals surface area contributed by atoms with Crippen LogP contribution in [-0.4, -0.2) is 53.4 Å². The molecule has 208 valence electrons. The Labute approximate surface area is 228 Å². The lowest BCUT2D eigenvalue weighted by Gasteiger charge is -2.52. The van der Waals surface area contributed by atoms with Crippen molar-refractivity contribution in [3.63, 3.8) is 0 Å². The molecule has 2 saturated carbocycles. The van der Waals surface area contributed by atoms with Gasteiger partial charge in [0.15, 0.2) is 28.9 Å². The lowest BCUT2D eigenvalue weighted by Crippen LogP contribution is -2.68. The molecule has 2 bridgehead atoms. The lowest BCUT2D eigenvalue weighted by molar-refractivity contribution is -0.301. The minimum atomic E-state index is -1.72. The number of ketones is 1. The third kappa shape index (κ3) is 3.11. The fraction of sp³-hybridized carbons (Fsp3) is 0.613. The lowest BCUT2D eigenvalue weighted by atomic mass is 9.59. The van der Waals surface area contributed by atoms with Crippen LogP contribution in [0, 0.1) is 34.5 Å². The normalized spacial score (nSPS) is 41.4. The first-order valence-corrected chi connectivity index (χ1v) is 13.9. The maximum absolute atomic E-state index is 14.8. The summed E-state index contributed by atoms with van der Waals surface area (Å²) in [4.78, 5) is 14.8. The van der Waals surface area contributed by atoms with Gasteiger partial charge in [0.2, 0.25) is 0 Å². The first kappa shape index (κ1) is 25.3. The Morgan fingerprint density at radius 3 is 2.69 bits per heavy atom. The molecule has 7 rings (SSSR count). The van der Waals surface area contributed by atoms with E-state index >= 15 is 0 Å². The van der Waals surface area contributed by atoms with E-state index in [0.717, 1.165) is 17.6 Å². The molecular weight excluding hydrogens is 498 g/mol. The van der Waals surface area contributed by atoms with Crippen molar-refractivity contribution >= 4 is 16.8 Å². The van der Waals surface area contributed by atoms with Gasteiger partial charge in [-0.15, -0.1) is 0 Å². The quantitative estimate of drug-likeness (QED) is 0.557. The second-order valence-corrected chi connectivity index (χ2v) is 13.3. The van der Waals surface area contributed by atoms with Gasteiger partial charge in [-0.1, -0.05) is 32.9 Å². The first-order chi connectivity index (χ1) is 18.3. The zero-order valence-corrected chi connectivity index (χ0v) is 23.6. The summed E-state index contributed by atoms with van der Waals surface area (Å²) >= 11 is 0. The molecule has 5 aliphatic rings. The van der Waals surface area contributed by atoms with Gasteiger partial charge in [-0.25, -0.2) is 0 Å². The fourth-order valence-electron chi connectivity index (χ4n) is 8.52. The molecule has 0 amide bonds. The molecule has 1 unspecified atom stereocenters. The van der Waals surface area contributed by atoms with Gasteiger partial charge in [0, 0.05) is 5.92 Å². The number of methoxy groups -OCH3 is 1. The number of hydrogen-bond donors (Lipinski definition) is 1. The van der Waals surface area contributed by atoms with Gasteiger partial charge in [-0.05, 0) is 84.9 Å². The molecule has 4 aliphatic carbocycles. The third-order valence-corrected chi connectivity index (χ3v) is 10.5. The molecule has 1 N–H and O–H groups in total. The molecule has 2 heterocycles. The zero-order chi connectivity index (χ0) is 27.7. The van der Waals surface area contributed by atoms with Crippen LogP contribution in [0.25, 0.3) is 11.0 Å². The molecule has 1 aromatic heterocycles. The van der Waals surface area contributed by atoms with Gasteiger partial charge in [0.05, 0.1) is 24.5 Å². The number of Topliss-reactive ketones (excluding diaryl/α,β-unsaturated/α-hetero) is 1. The maximum atomic E-state index is 14.8. The van der Waals surface area contributed by atoms with Crippen LogP contribution in [0.3, 0.4) is 0 Å². The third-order valence-electron chi connectivity index (χ3n) is 10.5. The molecule has 2 aromatic rings. The Bertz CT molecular complexity index is 1450. The van der Waals surface area contributed by atoms with Crippen LogP contribution in [0.4, 0.5) is 0 Å². The molecule has 8 atom stereocenters. The van der Waals surface area contributed by atoms with Gasteiger partial charge < -0.3 is 28.6 Å². The van der Waals surface area contributed by atoms with E-state index in [1.54, 1.807) is 25.3 Å². The van der Waals surface area contributed by atoms with Crippen molar-refractivity contribution in [2.24, 2.45) is 34.5 Å². The Balaban J connectivity index is 1.41. The summed E-state index contributed by atoms with van der Waals surface area (Å²) in [5.74, 6) is 0.146. The average Bonchev–Trinajstić information content (AvgIpc) is 3.16. The summed E-state index contributed by atoms with van der Waals surface area (Å²) in [5, 5.41) is 18.1. The second kappa shape index (κ2) is 7.74. The standard InChI is InChI=1S/C31H37NO7/c1-15-13-30-16(2)10-21-23(28(21,3)4)20(24(30)33)11-17-14-36-29(5,6)38-26(17)31(30,34)25(15)37-27-19-12-18(35-7)8-9-22(19)39-32-27/h8-9,11-13,16,20-21,23,25-26,34H,10,14H2,1-7H3/t16-,20+,21-,23+,25+,26-,30?,31-/m1/s1. The topological polar surface area (TPSA) is 100 Å². The fourth-order valence-corrected chi connectivity index (χ4v) is 8.52. The first-order valence-electron chi connectivity index (χ1n) is 13.9. The highest BCUT2D eigenvalue weighted by Crippen LogP contribution is 2.72. The molecule has 0 radical (unpaired) electrons. The highest BCUT2D eigenvalue weighted by molar-refractivity contribution is 5.95. The summed E-state index contributed by atoms with van der Waals surface area (Å²) in [6.07, 6.45) is 3.19. The summed E-state index contributed by atoms with van der Waals surface area (Å²) < 4.78 is 30.2. The van der Waals surface area contributed by atoms with Crippen LogP contribution in [0.5, 0.6) is 11.6 Å². The smallest absolute Gasteiger partial charge is 0.262 e. The number of allylic oxidation sites excluding steroid dienone is 1. The van der Waals surface area contributed by atoms with Crippen LogP contribution in [0.1, 0.15) is 48.0 Å². The van der Waals surface area contributed by atoms with Crippen LogP contribution in [0.2, 0.25) is 0 Å². The summed E-state index contributed by atoms with van der Waals surface area (Å²) in [6, 6.07) is 5.36. The van der Waals surface area contributed by atoms with E-state index < -0.39 is 29.0 Å². The van der Waals surface area contributed by atoms with Crippen molar-refractivity contribution in [3.05, 3.63) is 41.5 Å². The SMILES string of the molecule is COc1ccc2onc(O[C@H]3C(C)=CC45C(=O)[C@@H](C=C6COC(C)(C)O[C@H]6[C@]34O)[C@H]3[C@@H](C[C@H]5C)C3(C)C)c2c1. The van der Waals surface area contributed by atoms with Crippen molar-refractivity contribution < 1.29 is 33.4 Å². The number of rotatable bonds is 3. The Morgan fingerprint density at radius 2 is 1.95 bits per heavy atom. The predicted molar refractivity (Wildman–Crippen MR) is 142 cm³/mol. The molecular formula is C31H37NO7. The molecule has 39 heavy (non-hydrogen) atoms. The number of fused-ring (bicyclic) bond motifs is 6. The van der Waals surface area contributed by atoms with E-state index in [9.17, 15) is 9.90 Å². The van der Waals surface area contributed by atoms with Gasteiger partial charge in [0.25, 0.3) is 5.88 Å². The van der Waals surface area contributed by atoms with Crippen molar-refractivity contribution in [1.29, 1.82) is 0 Å². The average molecular weight is 536 g/mol. The van der Waals surface area contributed by atoms with E-state index in [-0.39, 0.29) is 41.4 Å². The van der Waals surface area contributed by atoms with E-state index in [1.807, 2.05) is 26.8 Å². The molecule has 8 heteroatoms. The van der Waals surface area contributed by atoms with Crippen molar-refractivity contribution in [1.82, 2.24) is 5.16 Å². The minimum Gasteiger partial charge on any atom is -0.497 e. The van der Waals surface area contributed by atoms with Crippen LogP contribution < -0.4 is 9.47 Å². The number of aliphatic hydroxyl groups is 1. The second-order valence-electron chi connectivity index (χ2n) is 13.3. The van der Waals surface area contributed by atoms with Gasteiger partial charge in [0.1, 0.15) is 11.9 Å². The van der Waals surface area contributed by atoms with Crippen LogP contribution in [-0.2, 0) is 14.3 Å². The van der Waals surface area contributed by atoms with Gasteiger partial charge in [-0.2, -0.15) is 0 Å². The highest BCUT2D eigenvalue weighted by atomic mass is 16.7. The number of hydrogen-bond acceptors (Lipinski definition) is 8. The molecule has 1 aliphatic heterocycles. The Morgan fingerprint density at radius 1 is 1.18 bits per heavy atom. The van der Waals surface area contributed by atoms with Crippen molar-refractivity contribution in [2.45, 2.75) is 71.6 Å². The Hall–Kier alpha value is -2.68. The van der Waals surface area contributed by atoms with Crippen molar-refractivity contribution in [3.8, 4) is 11.6 Å². The van der Waals surface area contributed by atoms with E-state index in [1.165, 1.54) is 0 Å². The molecule has 8 nitrogen and oxygen atoms in total. The van der Waals surface area contributed by atoms with E-state index in [2.05, 4.69) is 32.0 Å². The molecule has 1 saturated heterocycles. The predicted octanol–water partition coefficient (Wildman–Crippen LogP) is 4.85.